The number of carboxylic acids is 1. The molecule has 0 amide bonds. The first-order chi connectivity index (χ1) is 19.2. The average Bonchev–Trinajstić information content (AvgIpc) is 3.50. The minimum Gasteiger partial charge on any atom is -0.493 e. The number of aromatic nitrogens is 1. The van der Waals surface area contributed by atoms with E-state index in [4.69, 9.17) is 28.8 Å². The normalized spacial score (nSPS) is 15.9. The molecule has 40 heavy (non-hydrogen) atoms. The topological polar surface area (TPSA) is 135 Å². The van der Waals surface area contributed by atoms with E-state index in [9.17, 15) is 14.4 Å². The molecule has 0 unspecified atom stereocenters. The van der Waals surface area contributed by atoms with Gasteiger partial charge in [-0.15, -0.1) is 0 Å². The highest BCUT2D eigenvalue weighted by molar-refractivity contribution is 14.1. The van der Waals surface area contributed by atoms with Gasteiger partial charge in [-0.1, -0.05) is 17.4 Å². The van der Waals surface area contributed by atoms with Gasteiger partial charge in [-0.25, -0.2) is 14.6 Å². The van der Waals surface area contributed by atoms with Gasteiger partial charge in [0.25, 0.3) is 5.56 Å². The van der Waals surface area contributed by atoms with Crippen LogP contribution in [-0.2, 0) is 14.3 Å². The average molecular weight is 678 g/mol. The number of nitrogens with zero attached hydrogens (tertiary/aromatic N) is 2. The molecule has 0 spiro atoms. The maximum Gasteiger partial charge on any atom is 0.341 e. The van der Waals surface area contributed by atoms with E-state index < -0.39 is 24.6 Å². The number of allylic oxidation sites excluding steroid dienone is 1. The summed E-state index contributed by atoms with van der Waals surface area (Å²) >= 11 is 3.20. The number of carbonyl (C=O) groups is 2. The number of rotatable bonds is 8. The van der Waals surface area contributed by atoms with Crippen LogP contribution in [0, 0.1) is 3.57 Å². The molecule has 3 aromatic rings. The fourth-order valence-electron chi connectivity index (χ4n) is 4.44. The van der Waals surface area contributed by atoms with Gasteiger partial charge in [0.15, 0.2) is 34.4 Å². The molecule has 0 saturated heterocycles. The van der Waals surface area contributed by atoms with Gasteiger partial charge < -0.3 is 28.8 Å². The van der Waals surface area contributed by atoms with E-state index in [0.717, 1.165) is 0 Å². The van der Waals surface area contributed by atoms with Crippen LogP contribution in [-0.4, -0.2) is 48.7 Å². The Balaban J connectivity index is 1.65. The van der Waals surface area contributed by atoms with E-state index >= 15 is 0 Å². The largest absolute Gasteiger partial charge is 0.493 e. The molecular formula is C27H23IN2O9S. The van der Waals surface area contributed by atoms with Gasteiger partial charge in [0, 0.05) is 0 Å². The Morgan fingerprint density at radius 2 is 2.02 bits per heavy atom. The molecule has 0 aliphatic carbocycles. The van der Waals surface area contributed by atoms with E-state index in [2.05, 4.69) is 4.99 Å². The first-order valence-corrected chi connectivity index (χ1v) is 13.9. The second-order valence-corrected chi connectivity index (χ2v) is 10.8. The number of aliphatic carboxylic acids is 1. The van der Waals surface area contributed by atoms with Gasteiger partial charge in [-0.05, 0) is 77.9 Å². The van der Waals surface area contributed by atoms with E-state index in [0.29, 0.717) is 52.7 Å². The minimum atomic E-state index is -1.11. The van der Waals surface area contributed by atoms with Crippen LogP contribution in [0.1, 0.15) is 31.0 Å². The second-order valence-electron chi connectivity index (χ2n) is 8.63. The summed E-state index contributed by atoms with van der Waals surface area (Å²) in [7, 11) is 1.45. The van der Waals surface area contributed by atoms with Gasteiger partial charge in [-0.3, -0.25) is 9.36 Å². The summed E-state index contributed by atoms with van der Waals surface area (Å²) in [6.45, 7) is 3.16. The second kappa shape index (κ2) is 11.3. The number of hydrogen-bond acceptors (Lipinski definition) is 10. The zero-order valence-corrected chi connectivity index (χ0v) is 24.5. The zero-order valence-electron chi connectivity index (χ0n) is 21.6. The number of esters is 1. The molecule has 0 radical (unpaired) electrons. The lowest BCUT2D eigenvalue weighted by Gasteiger charge is -2.24. The first-order valence-electron chi connectivity index (χ1n) is 12.0. The van der Waals surface area contributed by atoms with Crippen molar-refractivity contribution >= 4 is 51.9 Å². The smallest absolute Gasteiger partial charge is 0.341 e. The zero-order chi connectivity index (χ0) is 28.6. The molecule has 208 valence electrons. The molecule has 2 aliphatic heterocycles. The van der Waals surface area contributed by atoms with Crippen LogP contribution in [0.4, 0.5) is 0 Å². The number of thiazole rings is 1. The Hall–Kier alpha value is -3.85. The highest BCUT2D eigenvalue weighted by atomic mass is 127. The predicted molar refractivity (Wildman–Crippen MR) is 152 cm³/mol. The van der Waals surface area contributed by atoms with Crippen molar-refractivity contribution in [2.45, 2.75) is 19.9 Å². The van der Waals surface area contributed by atoms with Crippen molar-refractivity contribution in [2.24, 2.45) is 4.99 Å². The first kappa shape index (κ1) is 27.7. The maximum atomic E-state index is 13.9. The van der Waals surface area contributed by atoms with Crippen LogP contribution in [0.25, 0.3) is 6.08 Å². The SMILES string of the molecule is CCOC(=O)C1=C(C)N=c2s/c(=C\c3cc(I)c(OCC(=O)O)c(OC)c3)c(=O)n2[C@H]1c1ccc2c(c1)OCO2. The number of carbonyl (C=O) groups excluding carboxylic acids is 1. The Kier molecular flexibility index (Phi) is 7.85. The third-order valence-corrected chi connectivity index (χ3v) is 7.90. The van der Waals surface area contributed by atoms with Crippen molar-refractivity contribution in [3.05, 3.63) is 76.0 Å². The van der Waals surface area contributed by atoms with Crippen LogP contribution >= 0.6 is 33.9 Å². The number of carboxylic acid groups (broad SMARTS) is 1. The maximum absolute atomic E-state index is 13.9. The fraction of sp³-hybridized carbons (Fsp3) is 0.259. The Labute approximate surface area is 245 Å². The van der Waals surface area contributed by atoms with E-state index in [1.54, 1.807) is 50.3 Å². The van der Waals surface area contributed by atoms with Crippen molar-refractivity contribution in [3.63, 3.8) is 0 Å². The van der Waals surface area contributed by atoms with Crippen LogP contribution in [0.15, 0.2) is 51.4 Å². The van der Waals surface area contributed by atoms with Gasteiger partial charge >= 0.3 is 11.9 Å². The number of hydrogen-bond donors (Lipinski definition) is 1. The van der Waals surface area contributed by atoms with Gasteiger partial charge in [0.2, 0.25) is 6.79 Å². The summed E-state index contributed by atoms with van der Waals surface area (Å²) in [5.74, 6) is 0.0418. The minimum absolute atomic E-state index is 0.0868. The molecule has 11 nitrogen and oxygen atoms in total. The lowest BCUT2D eigenvalue weighted by molar-refractivity contribution is -0.140. The number of fused-ring (bicyclic) bond motifs is 2. The summed E-state index contributed by atoms with van der Waals surface area (Å²) in [6, 6.07) is 7.90. The van der Waals surface area contributed by atoms with E-state index in [1.807, 2.05) is 22.6 Å². The van der Waals surface area contributed by atoms with Gasteiger partial charge in [0.1, 0.15) is 0 Å². The molecule has 0 bridgehead atoms. The molecule has 1 aromatic heterocycles. The van der Waals surface area contributed by atoms with E-state index in [-0.39, 0.29) is 24.5 Å². The molecule has 3 heterocycles. The predicted octanol–water partition coefficient (Wildman–Crippen LogP) is 2.60. The molecule has 1 N–H and O–H groups in total. The van der Waals surface area contributed by atoms with Crippen LogP contribution in [0.2, 0.25) is 0 Å². The summed E-state index contributed by atoms with van der Waals surface area (Å²) in [6.07, 6.45) is 1.69. The molecule has 0 fully saturated rings. The summed E-state index contributed by atoms with van der Waals surface area (Å²) < 4.78 is 29.6. The van der Waals surface area contributed by atoms with Crippen LogP contribution in [0.3, 0.4) is 0 Å². The van der Waals surface area contributed by atoms with Crippen molar-refractivity contribution in [1.82, 2.24) is 4.57 Å². The summed E-state index contributed by atoms with van der Waals surface area (Å²) in [4.78, 5) is 43.0. The van der Waals surface area contributed by atoms with Crippen molar-refractivity contribution < 1.29 is 38.4 Å². The molecule has 0 saturated carbocycles. The Morgan fingerprint density at radius 3 is 2.75 bits per heavy atom. The number of halogens is 1. The third kappa shape index (κ3) is 5.18. The fourth-order valence-corrected chi connectivity index (χ4v) is 6.27. The van der Waals surface area contributed by atoms with Crippen molar-refractivity contribution in [1.29, 1.82) is 0 Å². The Morgan fingerprint density at radius 1 is 1.25 bits per heavy atom. The van der Waals surface area contributed by atoms with Gasteiger partial charge in [-0.2, -0.15) is 0 Å². The standard InChI is InChI=1S/C27H23IN2O9S/c1-4-36-26(34)22-13(2)29-27-30(23(22)15-5-6-17-18(10-15)39-12-38-17)25(33)20(40-27)9-14-7-16(28)24(19(8-14)35-3)37-11-21(31)32/h5-10,23H,4,11-12H2,1-3H3,(H,31,32)/b20-9-/t23-/m0/s1. The van der Waals surface area contributed by atoms with Gasteiger partial charge in [0.05, 0.1) is 39.1 Å². The van der Waals surface area contributed by atoms with Crippen LogP contribution in [0.5, 0.6) is 23.0 Å². The summed E-state index contributed by atoms with van der Waals surface area (Å²) in [5.41, 5.74) is 1.64. The highest BCUT2D eigenvalue weighted by Gasteiger charge is 2.34. The molecule has 13 heteroatoms. The quantitative estimate of drug-likeness (QED) is 0.282. The van der Waals surface area contributed by atoms with Crippen LogP contribution < -0.4 is 33.8 Å². The van der Waals surface area contributed by atoms with Crippen molar-refractivity contribution in [2.75, 3.05) is 27.1 Å². The van der Waals surface area contributed by atoms with E-state index in [1.165, 1.54) is 23.0 Å². The number of methoxy groups -OCH3 is 1. The number of benzene rings is 2. The monoisotopic (exact) mass is 678 g/mol. The summed E-state index contributed by atoms with van der Waals surface area (Å²) in [5, 5.41) is 8.98. The lowest BCUT2D eigenvalue weighted by Crippen LogP contribution is -2.39. The highest BCUT2D eigenvalue weighted by Crippen LogP contribution is 2.38. The lowest BCUT2D eigenvalue weighted by atomic mass is 9.95. The molecular weight excluding hydrogens is 655 g/mol. The Bertz CT molecular complexity index is 1740. The number of ether oxygens (including phenoxy) is 5. The molecule has 5 rings (SSSR count). The molecule has 2 aromatic carbocycles. The third-order valence-electron chi connectivity index (χ3n) is 6.12. The molecule has 1 atom stereocenters. The van der Waals surface area contributed by atoms with Crippen molar-refractivity contribution in [3.8, 4) is 23.0 Å². The molecule has 2 aliphatic rings.